The average molecular weight is 301 g/mol. The van der Waals surface area contributed by atoms with E-state index >= 15 is 0 Å². The van der Waals surface area contributed by atoms with E-state index in [1.165, 1.54) is 0 Å². The highest BCUT2D eigenvalue weighted by Gasteiger charge is 2.27. The summed E-state index contributed by atoms with van der Waals surface area (Å²) < 4.78 is 38.5. The molecule has 0 aliphatic heterocycles. The number of aromatic nitrogens is 2. The van der Waals surface area contributed by atoms with E-state index in [2.05, 4.69) is 10.4 Å². The smallest absolute Gasteiger partial charge is 0.380 e. The third-order valence-electron chi connectivity index (χ3n) is 2.52. The second-order valence-corrected chi connectivity index (χ2v) is 5.29. The number of hydrogen-bond acceptors (Lipinski definition) is 3. The minimum Gasteiger partial charge on any atom is -0.380 e. The molecule has 0 fully saturated rings. The summed E-state index contributed by atoms with van der Waals surface area (Å²) in [7, 11) is 1.82. The van der Waals surface area contributed by atoms with Crippen LogP contribution in [0, 0.1) is 0 Å². The van der Waals surface area contributed by atoms with E-state index in [-0.39, 0.29) is 0 Å². The first kappa shape index (κ1) is 14.8. The van der Waals surface area contributed by atoms with Gasteiger partial charge in [-0.3, -0.25) is 4.68 Å². The monoisotopic (exact) mass is 301 g/mol. The van der Waals surface area contributed by atoms with Gasteiger partial charge < -0.3 is 5.32 Å². The van der Waals surface area contributed by atoms with Gasteiger partial charge in [0, 0.05) is 35.9 Å². The van der Waals surface area contributed by atoms with Gasteiger partial charge in [0.25, 0.3) is 0 Å². The Morgan fingerprint density at radius 3 is 2.70 bits per heavy atom. The first-order valence-electron chi connectivity index (χ1n) is 5.94. The van der Waals surface area contributed by atoms with Gasteiger partial charge in [0.15, 0.2) is 0 Å². The van der Waals surface area contributed by atoms with Crippen LogP contribution < -0.4 is 5.32 Å². The Morgan fingerprint density at radius 1 is 1.30 bits per heavy atom. The topological polar surface area (TPSA) is 29.9 Å². The number of anilines is 1. The molecule has 0 atom stereocenters. The van der Waals surface area contributed by atoms with Crippen molar-refractivity contribution < 1.29 is 13.2 Å². The number of halogens is 3. The number of thioether (sulfide) groups is 1. The minimum atomic E-state index is -4.17. The maximum absolute atomic E-state index is 12.3. The van der Waals surface area contributed by atoms with Gasteiger partial charge in [0.05, 0.1) is 11.9 Å². The molecule has 20 heavy (non-hydrogen) atoms. The Hall–Kier alpha value is -1.63. The van der Waals surface area contributed by atoms with Gasteiger partial charge in [-0.25, -0.2) is 0 Å². The van der Waals surface area contributed by atoms with Gasteiger partial charge in [-0.05, 0) is 12.1 Å². The summed E-state index contributed by atoms with van der Waals surface area (Å²) >= 11 is 0.786. The highest BCUT2D eigenvalue weighted by Crippen LogP contribution is 2.32. The van der Waals surface area contributed by atoms with Crippen LogP contribution in [0.2, 0.25) is 0 Å². The van der Waals surface area contributed by atoms with Crippen molar-refractivity contribution in [1.29, 1.82) is 0 Å². The molecule has 1 aromatic carbocycles. The van der Waals surface area contributed by atoms with E-state index in [0.29, 0.717) is 17.1 Å². The second-order valence-electron chi connectivity index (χ2n) is 4.28. The standard InChI is InChI=1S/C13H14F3N3S/c1-19-8-10(7-18-19)6-17-11-4-2-3-5-12(11)20-9-13(14,15)16/h2-5,7-8,17H,6,9H2,1H3. The molecule has 7 heteroatoms. The number of nitrogens with one attached hydrogen (secondary N) is 1. The molecule has 3 nitrogen and oxygen atoms in total. The minimum absolute atomic E-state index is 0.525. The van der Waals surface area contributed by atoms with Crippen LogP contribution in [-0.4, -0.2) is 21.7 Å². The van der Waals surface area contributed by atoms with Crippen molar-refractivity contribution in [3.05, 3.63) is 42.2 Å². The first-order valence-corrected chi connectivity index (χ1v) is 6.92. The molecule has 108 valence electrons. The van der Waals surface area contributed by atoms with Crippen molar-refractivity contribution in [2.24, 2.45) is 7.05 Å². The Morgan fingerprint density at radius 2 is 2.05 bits per heavy atom. The lowest BCUT2D eigenvalue weighted by atomic mass is 10.3. The maximum atomic E-state index is 12.3. The Labute approximate surface area is 119 Å². The average Bonchev–Trinajstić information content (AvgIpc) is 2.80. The van der Waals surface area contributed by atoms with Crippen LogP contribution in [-0.2, 0) is 13.6 Å². The summed E-state index contributed by atoms with van der Waals surface area (Å²) in [5.74, 6) is -0.890. The molecule has 0 aliphatic rings. The fraction of sp³-hybridized carbons (Fsp3) is 0.308. The fourth-order valence-corrected chi connectivity index (χ4v) is 2.45. The van der Waals surface area contributed by atoms with E-state index in [4.69, 9.17) is 0 Å². The maximum Gasteiger partial charge on any atom is 0.398 e. The van der Waals surface area contributed by atoms with E-state index < -0.39 is 11.9 Å². The van der Waals surface area contributed by atoms with Crippen molar-refractivity contribution in [3.63, 3.8) is 0 Å². The predicted molar refractivity (Wildman–Crippen MR) is 73.8 cm³/mol. The van der Waals surface area contributed by atoms with Gasteiger partial charge >= 0.3 is 6.18 Å². The predicted octanol–water partition coefficient (Wildman–Crippen LogP) is 3.69. The number of para-hydroxylation sites is 1. The number of alkyl halides is 3. The molecule has 0 spiro atoms. The van der Waals surface area contributed by atoms with Gasteiger partial charge in [0.2, 0.25) is 0 Å². The number of rotatable bonds is 5. The van der Waals surface area contributed by atoms with Crippen LogP contribution in [0.4, 0.5) is 18.9 Å². The first-order chi connectivity index (χ1) is 9.44. The number of benzene rings is 1. The van der Waals surface area contributed by atoms with Crippen LogP contribution in [0.5, 0.6) is 0 Å². The SMILES string of the molecule is Cn1cc(CNc2ccccc2SCC(F)(F)F)cn1. The number of nitrogens with zero attached hydrogens (tertiary/aromatic N) is 2. The van der Waals surface area contributed by atoms with Crippen LogP contribution in [0.3, 0.4) is 0 Å². The van der Waals surface area contributed by atoms with Gasteiger partial charge in [-0.1, -0.05) is 12.1 Å². The van der Waals surface area contributed by atoms with Crippen molar-refractivity contribution in [2.45, 2.75) is 17.6 Å². The van der Waals surface area contributed by atoms with Crippen molar-refractivity contribution in [2.75, 3.05) is 11.1 Å². The molecule has 2 aromatic rings. The van der Waals surface area contributed by atoms with Crippen molar-refractivity contribution in [3.8, 4) is 0 Å². The lowest BCUT2D eigenvalue weighted by Gasteiger charge is -2.12. The van der Waals surface area contributed by atoms with Gasteiger partial charge in [-0.15, -0.1) is 11.8 Å². The van der Waals surface area contributed by atoms with Crippen LogP contribution in [0.25, 0.3) is 0 Å². The molecule has 0 saturated carbocycles. The molecule has 1 aromatic heterocycles. The summed E-state index contributed by atoms with van der Waals surface area (Å²) in [5.41, 5.74) is 1.67. The van der Waals surface area contributed by atoms with Crippen LogP contribution in [0.1, 0.15) is 5.56 Å². The van der Waals surface area contributed by atoms with Crippen LogP contribution in [0.15, 0.2) is 41.6 Å². The normalized spacial score (nSPS) is 11.6. The molecule has 0 bridgehead atoms. The molecule has 0 aliphatic carbocycles. The highest BCUT2D eigenvalue weighted by molar-refractivity contribution is 7.99. The van der Waals surface area contributed by atoms with Gasteiger partial charge in [0.1, 0.15) is 0 Å². The van der Waals surface area contributed by atoms with Gasteiger partial charge in [-0.2, -0.15) is 18.3 Å². The largest absolute Gasteiger partial charge is 0.398 e. The third kappa shape index (κ3) is 4.48. The van der Waals surface area contributed by atoms with Crippen molar-refractivity contribution >= 4 is 17.4 Å². The Balaban J connectivity index is 2.00. The quantitative estimate of drug-likeness (QED) is 0.854. The van der Waals surface area contributed by atoms with E-state index in [1.807, 2.05) is 13.2 Å². The van der Waals surface area contributed by atoms with E-state index in [9.17, 15) is 13.2 Å². The molecule has 0 unspecified atom stereocenters. The summed E-state index contributed by atoms with van der Waals surface area (Å²) in [6.07, 6.45) is -0.585. The zero-order valence-corrected chi connectivity index (χ0v) is 11.6. The fourth-order valence-electron chi connectivity index (χ4n) is 1.66. The molecule has 0 saturated heterocycles. The molecular weight excluding hydrogens is 287 g/mol. The molecule has 0 amide bonds. The summed E-state index contributed by atoms with van der Waals surface area (Å²) in [4.78, 5) is 0.591. The molecule has 0 radical (unpaired) electrons. The summed E-state index contributed by atoms with van der Waals surface area (Å²) in [6, 6.07) is 6.98. The zero-order chi connectivity index (χ0) is 14.6. The number of hydrogen-bond donors (Lipinski definition) is 1. The molecule has 1 N–H and O–H groups in total. The third-order valence-corrected chi connectivity index (χ3v) is 3.66. The number of aryl methyl sites for hydroxylation is 1. The molecular formula is C13H14F3N3S. The molecule has 2 rings (SSSR count). The molecule has 1 heterocycles. The van der Waals surface area contributed by atoms with E-state index in [1.54, 1.807) is 35.1 Å². The summed E-state index contributed by atoms with van der Waals surface area (Å²) in [6.45, 7) is 0.525. The Kier molecular flexibility index (Phi) is 4.59. The highest BCUT2D eigenvalue weighted by atomic mass is 32.2. The van der Waals surface area contributed by atoms with Crippen molar-refractivity contribution in [1.82, 2.24) is 9.78 Å². The zero-order valence-electron chi connectivity index (χ0n) is 10.8. The van der Waals surface area contributed by atoms with E-state index in [0.717, 1.165) is 17.3 Å². The lowest BCUT2D eigenvalue weighted by Crippen LogP contribution is -2.11. The lowest BCUT2D eigenvalue weighted by molar-refractivity contribution is -0.105. The van der Waals surface area contributed by atoms with Crippen LogP contribution >= 0.6 is 11.8 Å². The summed E-state index contributed by atoms with van der Waals surface area (Å²) in [5, 5.41) is 7.18. The Bertz CT molecular complexity index is 566. The second kappa shape index (κ2) is 6.21.